The van der Waals surface area contributed by atoms with Crippen molar-refractivity contribution in [3.63, 3.8) is 0 Å². The third kappa shape index (κ3) is 3.78. The van der Waals surface area contributed by atoms with Crippen molar-refractivity contribution in [3.05, 3.63) is 59.5 Å². The van der Waals surface area contributed by atoms with Gasteiger partial charge in [-0.2, -0.15) is 0 Å². The van der Waals surface area contributed by atoms with E-state index in [-0.39, 0.29) is 12.5 Å². The zero-order chi connectivity index (χ0) is 25.6. The summed E-state index contributed by atoms with van der Waals surface area (Å²) in [5.41, 5.74) is 2.70. The topological polar surface area (TPSA) is 87.0 Å². The maximum Gasteiger partial charge on any atom is 0.322 e. The highest BCUT2D eigenvalue weighted by atomic mass is 19.1. The second-order valence-corrected chi connectivity index (χ2v) is 9.75. The highest BCUT2D eigenvalue weighted by molar-refractivity contribution is 5.93. The van der Waals surface area contributed by atoms with Crippen LogP contribution in [-0.4, -0.2) is 64.8 Å². The number of likely N-dealkylation sites (tertiary alicyclic amines) is 1. The summed E-state index contributed by atoms with van der Waals surface area (Å²) in [4.78, 5) is 29.6. The summed E-state index contributed by atoms with van der Waals surface area (Å²) in [7, 11) is 3.54. The minimum absolute atomic E-state index is 0.103. The summed E-state index contributed by atoms with van der Waals surface area (Å²) in [6, 6.07) is 10.6. The Hall–Kier alpha value is -3.59. The number of urea groups is 1. The number of fused-ring (bicyclic) bond motifs is 4. The van der Waals surface area contributed by atoms with Gasteiger partial charge in [-0.25, -0.2) is 9.18 Å². The Labute approximate surface area is 209 Å². The Morgan fingerprint density at radius 2 is 1.97 bits per heavy atom. The average Bonchev–Trinajstić information content (AvgIpc) is 3.14. The van der Waals surface area contributed by atoms with Gasteiger partial charge in [-0.3, -0.25) is 4.79 Å². The van der Waals surface area contributed by atoms with E-state index in [4.69, 9.17) is 4.74 Å². The molecule has 2 N–H and O–H groups in total. The van der Waals surface area contributed by atoms with E-state index in [1.807, 2.05) is 41.6 Å². The molecule has 1 saturated heterocycles. The molecule has 3 heterocycles. The fraction of sp³-hybridized carbons (Fsp3) is 0.407. The van der Waals surface area contributed by atoms with Crippen molar-refractivity contribution in [3.8, 4) is 5.75 Å². The lowest BCUT2D eigenvalue weighted by atomic mass is 9.68. The van der Waals surface area contributed by atoms with Gasteiger partial charge in [0.15, 0.2) is 0 Å². The monoisotopic (exact) mass is 494 g/mol. The SMILES string of the molecule is CCCC(=O)N1CC2(C1)CN(C(=O)Nc1cccc(F)c1)[C@H](CO)c1c2c2ccc(OC)cc2n1C. The first-order valence-corrected chi connectivity index (χ1v) is 12.2. The molecule has 3 aromatic rings. The molecule has 1 spiro atoms. The lowest BCUT2D eigenvalue weighted by molar-refractivity contribution is -0.140. The number of benzene rings is 2. The van der Waals surface area contributed by atoms with Gasteiger partial charge in [-0.1, -0.05) is 13.0 Å². The van der Waals surface area contributed by atoms with Crippen LogP contribution < -0.4 is 10.1 Å². The van der Waals surface area contributed by atoms with Gasteiger partial charge in [-0.05, 0) is 42.3 Å². The van der Waals surface area contributed by atoms with Gasteiger partial charge >= 0.3 is 6.03 Å². The number of aliphatic hydroxyl groups is 1. The fourth-order valence-corrected chi connectivity index (χ4v) is 5.82. The van der Waals surface area contributed by atoms with E-state index in [2.05, 4.69) is 5.32 Å². The second-order valence-electron chi connectivity index (χ2n) is 9.75. The molecule has 8 nitrogen and oxygen atoms in total. The van der Waals surface area contributed by atoms with Crippen LogP contribution in [0.3, 0.4) is 0 Å². The zero-order valence-corrected chi connectivity index (χ0v) is 20.8. The lowest BCUT2D eigenvalue weighted by Gasteiger charge is -2.56. The van der Waals surface area contributed by atoms with Crippen molar-refractivity contribution in [2.24, 2.45) is 7.05 Å². The van der Waals surface area contributed by atoms with Crippen molar-refractivity contribution in [2.75, 3.05) is 38.7 Å². The van der Waals surface area contributed by atoms with E-state index in [0.717, 1.165) is 28.6 Å². The van der Waals surface area contributed by atoms with Crippen LogP contribution in [0.25, 0.3) is 10.9 Å². The third-order valence-corrected chi connectivity index (χ3v) is 7.46. The predicted molar refractivity (Wildman–Crippen MR) is 135 cm³/mol. The number of methoxy groups -OCH3 is 1. The Morgan fingerprint density at radius 1 is 1.19 bits per heavy atom. The summed E-state index contributed by atoms with van der Waals surface area (Å²) in [6.45, 7) is 3.01. The Morgan fingerprint density at radius 3 is 2.64 bits per heavy atom. The number of carbonyl (C=O) groups is 2. The minimum Gasteiger partial charge on any atom is -0.497 e. The largest absolute Gasteiger partial charge is 0.497 e. The Bertz CT molecular complexity index is 1330. The fourth-order valence-electron chi connectivity index (χ4n) is 5.82. The maximum absolute atomic E-state index is 13.7. The van der Waals surface area contributed by atoms with Gasteiger partial charge < -0.3 is 29.5 Å². The van der Waals surface area contributed by atoms with Crippen LogP contribution in [0, 0.1) is 5.82 Å². The molecule has 0 saturated carbocycles. The second kappa shape index (κ2) is 9.13. The van der Waals surface area contributed by atoms with E-state index in [1.54, 1.807) is 18.1 Å². The number of nitrogens with zero attached hydrogens (tertiary/aromatic N) is 3. The number of anilines is 1. The Kier molecular flexibility index (Phi) is 6.12. The van der Waals surface area contributed by atoms with Crippen LogP contribution in [0.4, 0.5) is 14.9 Å². The zero-order valence-electron chi connectivity index (χ0n) is 20.8. The molecular weight excluding hydrogens is 463 g/mol. The van der Waals surface area contributed by atoms with Gasteiger partial charge in [0.25, 0.3) is 0 Å². The number of amides is 3. The van der Waals surface area contributed by atoms with Crippen LogP contribution in [0.1, 0.15) is 37.1 Å². The smallest absolute Gasteiger partial charge is 0.322 e. The summed E-state index contributed by atoms with van der Waals surface area (Å²) in [5.74, 6) is 0.367. The van der Waals surface area contributed by atoms with E-state index >= 15 is 0 Å². The first-order valence-electron chi connectivity index (χ1n) is 12.2. The van der Waals surface area contributed by atoms with E-state index in [9.17, 15) is 19.1 Å². The van der Waals surface area contributed by atoms with Crippen molar-refractivity contribution in [1.82, 2.24) is 14.4 Å². The number of hydrogen-bond acceptors (Lipinski definition) is 4. The Balaban J connectivity index is 1.60. The minimum atomic E-state index is -0.608. The van der Waals surface area contributed by atoms with E-state index < -0.39 is 23.3 Å². The normalized spacial score (nSPS) is 18.2. The van der Waals surface area contributed by atoms with Crippen molar-refractivity contribution < 1.29 is 23.8 Å². The van der Waals surface area contributed by atoms with Gasteiger partial charge in [0.2, 0.25) is 5.91 Å². The van der Waals surface area contributed by atoms with Crippen LogP contribution >= 0.6 is 0 Å². The first kappa shape index (κ1) is 24.1. The number of aryl methyl sites for hydroxylation is 1. The summed E-state index contributed by atoms with van der Waals surface area (Å²) >= 11 is 0. The predicted octanol–water partition coefficient (Wildman–Crippen LogP) is 3.79. The number of ether oxygens (including phenoxy) is 1. The molecule has 0 radical (unpaired) electrons. The van der Waals surface area contributed by atoms with Crippen molar-refractivity contribution in [1.29, 1.82) is 0 Å². The number of nitrogens with one attached hydrogen (secondary N) is 1. The molecule has 1 atom stereocenters. The highest BCUT2D eigenvalue weighted by Gasteiger charge is 2.55. The van der Waals surface area contributed by atoms with E-state index in [1.165, 1.54) is 18.2 Å². The summed E-state index contributed by atoms with van der Waals surface area (Å²) < 4.78 is 21.2. The number of hydrogen-bond donors (Lipinski definition) is 2. The molecule has 36 heavy (non-hydrogen) atoms. The summed E-state index contributed by atoms with van der Waals surface area (Å²) in [6.07, 6.45) is 1.26. The molecule has 1 fully saturated rings. The van der Waals surface area contributed by atoms with Gasteiger partial charge in [0, 0.05) is 55.9 Å². The standard InChI is InChI=1S/C27H31FN4O4/c1-4-6-23(34)31-14-27(15-31)16-32(26(35)29-18-8-5-7-17(28)11-18)22(13-33)25-24(27)20-10-9-19(36-3)12-21(20)30(25)2/h5,7-12,22,33H,4,6,13-16H2,1-3H3,(H,29,35)/t22-/m1/s1. The lowest BCUT2D eigenvalue weighted by Crippen LogP contribution is -2.68. The van der Waals surface area contributed by atoms with Crippen LogP contribution in [0.15, 0.2) is 42.5 Å². The number of aliphatic hydroxyl groups excluding tert-OH is 1. The van der Waals surface area contributed by atoms with Gasteiger partial charge in [0.1, 0.15) is 11.6 Å². The molecule has 5 rings (SSSR count). The maximum atomic E-state index is 13.7. The molecule has 0 bridgehead atoms. The van der Waals surface area contributed by atoms with Crippen molar-refractivity contribution in [2.45, 2.75) is 31.2 Å². The van der Waals surface area contributed by atoms with Gasteiger partial charge in [-0.15, -0.1) is 0 Å². The van der Waals surface area contributed by atoms with Crippen LogP contribution in [0.2, 0.25) is 0 Å². The van der Waals surface area contributed by atoms with Crippen molar-refractivity contribution >= 4 is 28.5 Å². The summed E-state index contributed by atoms with van der Waals surface area (Å²) in [5, 5.41) is 14.3. The molecular formula is C27H31FN4O4. The molecule has 9 heteroatoms. The average molecular weight is 495 g/mol. The van der Waals surface area contributed by atoms with Crippen LogP contribution in [0.5, 0.6) is 5.75 Å². The molecule has 190 valence electrons. The number of aromatic nitrogens is 1. The number of halogens is 1. The first-order chi connectivity index (χ1) is 17.3. The van der Waals surface area contributed by atoms with E-state index in [0.29, 0.717) is 37.5 Å². The highest BCUT2D eigenvalue weighted by Crippen LogP contribution is 2.49. The molecule has 2 aliphatic heterocycles. The quantitative estimate of drug-likeness (QED) is 0.565. The van der Waals surface area contributed by atoms with Crippen LogP contribution in [-0.2, 0) is 17.3 Å². The molecule has 1 aromatic heterocycles. The molecule has 2 aromatic carbocycles. The number of carbonyl (C=O) groups excluding carboxylic acids is 2. The molecule has 0 unspecified atom stereocenters. The number of rotatable bonds is 5. The van der Waals surface area contributed by atoms with Gasteiger partial charge in [0.05, 0.1) is 30.7 Å². The molecule has 3 amide bonds. The third-order valence-electron chi connectivity index (χ3n) is 7.46. The molecule has 0 aliphatic carbocycles. The molecule has 2 aliphatic rings.